The van der Waals surface area contributed by atoms with Crippen molar-refractivity contribution >= 4 is 44.7 Å². The first kappa shape index (κ1) is 34.4. The van der Waals surface area contributed by atoms with Crippen molar-refractivity contribution in [2.45, 2.75) is 117 Å². The molecule has 0 saturated heterocycles. The van der Waals surface area contributed by atoms with Crippen LogP contribution in [0.2, 0.25) is 0 Å². The number of aromatic nitrogens is 2. The molecule has 2 aliphatic carbocycles. The minimum atomic E-state index is 0.525. The third kappa shape index (κ3) is 8.11. The zero-order chi connectivity index (χ0) is 34.5. The third-order valence-electron chi connectivity index (χ3n) is 11.7. The van der Waals surface area contributed by atoms with E-state index in [1.807, 2.05) is 12.4 Å². The lowest BCUT2D eigenvalue weighted by molar-refractivity contribution is 0.334. The average molecular weight is 667 g/mol. The van der Waals surface area contributed by atoms with Crippen LogP contribution in [0.5, 0.6) is 0 Å². The topological polar surface area (TPSA) is 75.2 Å². The van der Waals surface area contributed by atoms with E-state index in [0.29, 0.717) is 23.7 Å². The van der Waals surface area contributed by atoms with Crippen LogP contribution in [-0.4, -0.2) is 32.8 Å². The number of rotatable bonds is 8. The highest BCUT2D eigenvalue weighted by molar-refractivity contribution is 6.08. The van der Waals surface area contributed by atoms with E-state index >= 15 is 0 Å². The van der Waals surface area contributed by atoms with E-state index in [4.69, 9.17) is 0 Å². The Bertz CT molecular complexity index is 1750. The van der Waals surface area contributed by atoms with Crippen LogP contribution in [0, 0.1) is 23.7 Å². The van der Waals surface area contributed by atoms with Crippen molar-refractivity contribution in [3.63, 3.8) is 0 Å². The second-order valence-electron chi connectivity index (χ2n) is 15.9. The molecule has 2 saturated carbocycles. The Hall–Kier alpha value is -4.06. The smallest absolute Gasteiger partial charge is 0.0704 e. The van der Waals surface area contributed by atoms with Crippen molar-refractivity contribution in [2.75, 3.05) is 0 Å². The predicted molar refractivity (Wildman–Crippen MR) is 211 cm³/mol. The van der Waals surface area contributed by atoms with Crippen molar-refractivity contribution in [1.29, 1.82) is 0 Å². The minimum absolute atomic E-state index is 0.525. The first-order chi connectivity index (χ1) is 24.4. The van der Waals surface area contributed by atoms with Gasteiger partial charge >= 0.3 is 0 Å². The van der Waals surface area contributed by atoms with Crippen molar-refractivity contribution in [3.05, 3.63) is 84.2 Å². The van der Waals surface area contributed by atoms with Gasteiger partial charge < -0.3 is 0 Å². The number of hydrogen-bond donors (Lipinski definition) is 0. The van der Waals surface area contributed by atoms with E-state index in [0.717, 1.165) is 48.6 Å². The Morgan fingerprint density at radius 2 is 0.900 bits per heavy atom. The predicted octanol–water partition coefficient (Wildman–Crippen LogP) is 11.5. The molecule has 2 aliphatic heterocycles. The monoisotopic (exact) mass is 666 g/mol. The van der Waals surface area contributed by atoms with E-state index in [1.54, 1.807) is 0 Å². The van der Waals surface area contributed by atoms with Crippen molar-refractivity contribution in [3.8, 4) is 0 Å². The Labute approximate surface area is 298 Å². The summed E-state index contributed by atoms with van der Waals surface area (Å²) in [7, 11) is 0. The summed E-state index contributed by atoms with van der Waals surface area (Å²) in [6, 6.07) is 21.6. The molecule has 0 amide bonds. The molecule has 260 valence electrons. The molecule has 0 N–H and O–H groups in total. The minimum Gasteiger partial charge on any atom is -0.256 e. The van der Waals surface area contributed by atoms with Gasteiger partial charge in [-0.15, -0.1) is 0 Å². The average Bonchev–Trinajstić information content (AvgIpc) is 3.83. The maximum Gasteiger partial charge on any atom is 0.0704 e. The molecule has 50 heavy (non-hydrogen) atoms. The molecule has 4 aromatic rings. The van der Waals surface area contributed by atoms with Gasteiger partial charge in [0.25, 0.3) is 0 Å². The molecular formula is C44H54N6. The van der Waals surface area contributed by atoms with Crippen LogP contribution in [0.4, 0.5) is 0 Å². The zero-order valence-corrected chi connectivity index (χ0v) is 30.6. The highest BCUT2D eigenvalue weighted by Crippen LogP contribution is 2.41. The fourth-order valence-corrected chi connectivity index (χ4v) is 8.66. The highest BCUT2D eigenvalue weighted by Gasteiger charge is 2.28. The molecule has 2 aromatic heterocycles. The van der Waals surface area contributed by atoms with Gasteiger partial charge in [0, 0.05) is 58.9 Å². The maximum atomic E-state index is 4.51. The number of pyridine rings is 2. The van der Waals surface area contributed by atoms with E-state index in [1.165, 1.54) is 96.1 Å². The van der Waals surface area contributed by atoms with Crippen LogP contribution in [0.15, 0.2) is 93.5 Å². The van der Waals surface area contributed by atoms with Crippen LogP contribution in [0.3, 0.4) is 0 Å². The molecule has 8 rings (SSSR count). The summed E-state index contributed by atoms with van der Waals surface area (Å²) in [5.74, 6) is 3.97. The van der Waals surface area contributed by atoms with Crippen molar-refractivity contribution in [1.82, 2.24) is 9.97 Å². The summed E-state index contributed by atoms with van der Waals surface area (Å²) in [6.07, 6.45) is 18.6. The number of nitrogens with zero attached hydrogens (tertiary/aromatic N) is 6. The molecule has 4 heterocycles. The number of para-hydroxylation sites is 2. The SMILES string of the molecule is CC(C)C1=NN=C(CC2CCC(c3ccnc4ccccc34)CC2)C1.CC(C)C1=NN=C(CC2CCC(c3ccnc4ccccc34)CC2)C1. The van der Waals surface area contributed by atoms with Gasteiger partial charge in [-0.1, -0.05) is 64.1 Å². The first-order valence-electron chi connectivity index (χ1n) is 19.3. The Kier molecular flexibility index (Phi) is 10.9. The fourth-order valence-electron chi connectivity index (χ4n) is 8.66. The highest BCUT2D eigenvalue weighted by atomic mass is 15.2. The summed E-state index contributed by atoms with van der Waals surface area (Å²) < 4.78 is 0. The van der Waals surface area contributed by atoms with E-state index < -0.39 is 0 Å². The Morgan fingerprint density at radius 1 is 0.500 bits per heavy atom. The van der Waals surface area contributed by atoms with Crippen molar-refractivity contribution < 1.29 is 0 Å². The number of fused-ring (bicyclic) bond motifs is 2. The van der Waals surface area contributed by atoms with Crippen LogP contribution in [0.25, 0.3) is 21.8 Å². The molecule has 4 aliphatic rings. The van der Waals surface area contributed by atoms with Crippen molar-refractivity contribution in [2.24, 2.45) is 44.1 Å². The quantitative estimate of drug-likeness (QED) is 0.188. The molecule has 0 spiro atoms. The summed E-state index contributed by atoms with van der Waals surface area (Å²) in [6.45, 7) is 8.84. The summed E-state index contributed by atoms with van der Waals surface area (Å²) >= 11 is 0. The van der Waals surface area contributed by atoms with E-state index in [9.17, 15) is 0 Å². The van der Waals surface area contributed by atoms with Crippen LogP contribution < -0.4 is 0 Å². The largest absolute Gasteiger partial charge is 0.256 e. The molecule has 0 atom stereocenters. The third-order valence-corrected chi connectivity index (χ3v) is 11.7. The van der Waals surface area contributed by atoms with Gasteiger partial charge in [-0.3, -0.25) is 9.97 Å². The lowest BCUT2D eigenvalue weighted by atomic mass is 9.76. The van der Waals surface area contributed by atoms with E-state index in [-0.39, 0.29) is 0 Å². The van der Waals surface area contributed by atoms with Crippen LogP contribution in [0.1, 0.15) is 128 Å². The molecule has 2 fully saturated rings. The summed E-state index contributed by atoms with van der Waals surface area (Å²) in [5, 5.41) is 20.3. The molecule has 2 aromatic carbocycles. The van der Waals surface area contributed by atoms with Crippen LogP contribution in [-0.2, 0) is 0 Å². The second-order valence-corrected chi connectivity index (χ2v) is 15.9. The van der Waals surface area contributed by atoms with Gasteiger partial charge in [0.15, 0.2) is 0 Å². The van der Waals surface area contributed by atoms with Gasteiger partial charge in [-0.2, -0.15) is 20.4 Å². The Balaban J connectivity index is 0.000000157. The number of benzene rings is 2. The second kappa shape index (κ2) is 15.9. The summed E-state index contributed by atoms with van der Waals surface area (Å²) in [5.41, 5.74) is 10.4. The van der Waals surface area contributed by atoms with Gasteiger partial charge in [0.1, 0.15) is 0 Å². The molecule has 0 radical (unpaired) electrons. The first-order valence-corrected chi connectivity index (χ1v) is 19.3. The van der Waals surface area contributed by atoms with Gasteiger partial charge in [0.05, 0.1) is 11.0 Å². The van der Waals surface area contributed by atoms with Gasteiger partial charge in [-0.05, 0) is 135 Å². The normalized spacial score (nSPS) is 23.8. The van der Waals surface area contributed by atoms with Crippen LogP contribution >= 0.6 is 0 Å². The van der Waals surface area contributed by atoms with E-state index in [2.05, 4.69) is 119 Å². The van der Waals surface area contributed by atoms with Gasteiger partial charge in [-0.25, -0.2) is 0 Å². The zero-order valence-electron chi connectivity index (χ0n) is 30.6. The molecule has 0 unspecified atom stereocenters. The van der Waals surface area contributed by atoms with Gasteiger partial charge in [0.2, 0.25) is 0 Å². The lowest BCUT2D eigenvalue weighted by Crippen LogP contribution is -2.18. The number of hydrogen-bond acceptors (Lipinski definition) is 6. The standard InChI is InChI=1S/2C22H27N3/c2*1-15(2)22-14-18(24-25-22)13-16-7-9-17(10-8-16)19-11-12-23-21-6-4-3-5-20(19)21/h2*3-6,11-12,15-17H,7-10,13-14H2,1-2H3. The summed E-state index contributed by atoms with van der Waals surface area (Å²) in [4.78, 5) is 9.03. The maximum absolute atomic E-state index is 4.51. The molecule has 6 heteroatoms. The molecular weight excluding hydrogens is 613 g/mol. The fraction of sp³-hybridized carbons (Fsp3) is 0.500. The molecule has 6 nitrogen and oxygen atoms in total. The Morgan fingerprint density at radius 3 is 1.28 bits per heavy atom. The lowest BCUT2D eigenvalue weighted by Gasteiger charge is -2.29. The molecule has 0 bridgehead atoms.